The van der Waals surface area contributed by atoms with Gasteiger partial charge in [-0.05, 0) is 23.3 Å². The average molecular weight is 415 g/mol. The third-order valence-corrected chi connectivity index (χ3v) is 5.03. The molecule has 8 nitrogen and oxygen atoms in total. The number of carboxylic acid groups (broad SMARTS) is 1. The topological polar surface area (TPSA) is 116 Å². The standard InChI is InChI=1S/C20H21N3O5S/c1-29(27,28)22-16-9-7-14(8-10-16)17-13-18(15-5-3-2-4-6-15)23(21-17)19(24)11-12-20(25)26/h2-10,18,22H,11-13H2,1H3,(H,25,26)/t18-/m1/s1. The first-order valence-corrected chi connectivity index (χ1v) is 10.9. The molecule has 9 heteroatoms. The van der Waals surface area contributed by atoms with Crippen LogP contribution in [0.3, 0.4) is 0 Å². The summed E-state index contributed by atoms with van der Waals surface area (Å²) in [5.74, 6) is -1.39. The van der Waals surface area contributed by atoms with Crippen molar-refractivity contribution in [3.8, 4) is 0 Å². The third-order valence-electron chi connectivity index (χ3n) is 4.42. The molecule has 0 unspecified atom stereocenters. The highest BCUT2D eigenvalue weighted by molar-refractivity contribution is 7.92. The Morgan fingerprint density at radius 2 is 1.76 bits per heavy atom. The van der Waals surface area contributed by atoms with E-state index in [1.165, 1.54) is 5.01 Å². The van der Waals surface area contributed by atoms with E-state index < -0.39 is 16.0 Å². The Morgan fingerprint density at radius 3 is 2.34 bits per heavy atom. The lowest BCUT2D eigenvalue weighted by Gasteiger charge is -2.21. The van der Waals surface area contributed by atoms with Crippen molar-refractivity contribution in [2.75, 3.05) is 11.0 Å². The van der Waals surface area contributed by atoms with Crippen molar-refractivity contribution in [1.82, 2.24) is 5.01 Å². The monoisotopic (exact) mass is 415 g/mol. The first-order chi connectivity index (χ1) is 13.7. The van der Waals surface area contributed by atoms with Crippen LogP contribution in [0.25, 0.3) is 0 Å². The van der Waals surface area contributed by atoms with Crippen molar-refractivity contribution in [1.29, 1.82) is 0 Å². The SMILES string of the molecule is CS(=O)(=O)Nc1ccc(C2=NN(C(=O)CCC(=O)O)[C@@H](c3ccccc3)C2)cc1. The molecule has 2 aromatic rings. The van der Waals surface area contributed by atoms with Gasteiger partial charge < -0.3 is 5.11 Å². The van der Waals surface area contributed by atoms with Crippen molar-refractivity contribution < 1.29 is 23.1 Å². The molecule has 1 atom stereocenters. The van der Waals surface area contributed by atoms with Crippen LogP contribution in [0.15, 0.2) is 59.7 Å². The van der Waals surface area contributed by atoms with Crippen LogP contribution in [-0.4, -0.2) is 42.4 Å². The molecule has 1 heterocycles. The van der Waals surface area contributed by atoms with E-state index in [1.807, 2.05) is 30.3 Å². The number of carboxylic acids is 1. The quantitative estimate of drug-likeness (QED) is 0.721. The first kappa shape index (κ1) is 20.5. The number of aliphatic carboxylic acids is 1. The number of carbonyl (C=O) groups excluding carboxylic acids is 1. The molecule has 2 aromatic carbocycles. The Kier molecular flexibility index (Phi) is 5.97. The van der Waals surface area contributed by atoms with Crippen LogP contribution < -0.4 is 4.72 Å². The number of rotatable bonds is 7. The number of nitrogens with zero attached hydrogens (tertiary/aromatic N) is 2. The molecule has 29 heavy (non-hydrogen) atoms. The van der Waals surface area contributed by atoms with Crippen LogP contribution in [0.4, 0.5) is 5.69 Å². The molecule has 0 aromatic heterocycles. The van der Waals surface area contributed by atoms with Gasteiger partial charge in [0.2, 0.25) is 15.9 Å². The van der Waals surface area contributed by atoms with Crippen molar-refractivity contribution in [2.45, 2.75) is 25.3 Å². The van der Waals surface area contributed by atoms with E-state index in [0.29, 0.717) is 17.8 Å². The fourth-order valence-corrected chi connectivity index (χ4v) is 3.69. The summed E-state index contributed by atoms with van der Waals surface area (Å²) in [6.45, 7) is 0. The highest BCUT2D eigenvalue weighted by Crippen LogP contribution is 2.33. The minimum atomic E-state index is -3.37. The van der Waals surface area contributed by atoms with Gasteiger partial charge in [-0.2, -0.15) is 5.10 Å². The molecule has 0 aliphatic carbocycles. The summed E-state index contributed by atoms with van der Waals surface area (Å²) in [6.07, 6.45) is 1.16. The number of hydrogen-bond acceptors (Lipinski definition) is 5. The molecule has 0 bridgehead atoms. The number of amides is 1. The molecule has 0 fully saturated rings. The van der Waals surface area contributed by atoms with E-state index in [2.05, 4.69) is 9.82 Å². The Bertz CT molecular complexity index is 1030. The van der Waals surface area contributed by atoms with Crippen LogP contribution in [0.2, 0.25) is 0 Å². The second kappa shape index (κ2) is 8.44. The van der Waals surface area contributed by atoms with Gasteiger partial charge in [0.15, 0.2) is 0 Å². The lowest BCUT2D eigenvalue weighted by Crippen LogP contribution is -2.27. The lowest BCUT2D eigenvalue weighted by molar-refractivity contribution is -0.141. The Labute approximate surface area is 168 Å². The zero-order chi connectivity index (χ0) is 21.0. The summed E-state index contributed by atoms with van der Waals surface area (Å²) in [7, 11) is -3.37. The van der Waals surface area contributed by atoms with E-state index in [0.717, 1.165) is 17.4 Å². The maximum absolute atomic E-state index is 12.6. The van der Waals surface area contributed by atoms with Crippen LogP contribution in [0.5, 0.6) is 0 Å². The van der Waals surface area contributed by atoms with Crippen LogP contribution >= 0.6 is 0 Å². The van der Waals surface area contributed by atoms with Gasteiger partial charge in [0.05, 0.1) is 24.4 Å². The molecule has 0 spiro atoms. The fourth-order valence-electron chi connectivity index (χ4n) is 3.12. The minimum Gasteiger partial charge on any atom is -0.481 e. The van der Waals surface area contributed by atoms with Gasteiger partial charge in [-0.25, -0.2) is 13.4 Å². The molecule has 1 amide bonds. The smallest absolute Gasteiger partial charge is 0.303 e. The van der Waals surface area contributed by atoms with Crippen molar-refractivity contribution in [2.24, 2.45) is 5.10 Å². The predicted octanol–water partition coefficient (Wildman–Crippen LogP) is 2.60. The molecule has 0 saturated carbocycles. The first-order valence-electron chi connectivity index (χ1n) is 8.97. The van der Waals surface area contributed by atoms with Crippen molar-refractivity contribution in [3.63, 3.8) is 0 Å². The molecule has 0 saturated heterocycles. The number of benzene rings is 2. The van der Waals surface area contributed by atoms with Gasteiger partial charge in [-0.15, -0.1) is 0 Å². The van der Waals surface area contributed by atoms with E-state index in [9.17, 15) is 18.0 Å². The highest BCUT2D eigenvalue weighted by atomic mass is 32.2. The van der Waals surface area contributed by atoms with E-state index >= 15 is 0 Å². The number of hydrogen-bond donors (Lipinski definition) is 2. The average Bonchev–Trinajstić information content (AvgIpc) is 3.11. The summed E-state index contributed by atoms with van der Waals surface area (Å²) in [5, 5.41) is 14.7. The third kappa shape index (κ3) is 5.41. The number of carbonyl (C=O) groups is 2. The number of sulfonamides is 1. The van der Waals surface area contributed by atoms with Crippen molar-refractivity contribution in [3.05, 3.63) is 65.7 Å². The maximum Gasteiger partial charge on any atom is 0.303 e. The molecular formula is C20H21N3O5S. The Hall–Kier alpha value is -3.20. The molecular weight excluding hydrogens is 394 g/mol. The molecule has 1 aliphatic rings. The summed E-state index contributed by atoms with van der Waals surface area (Å²) < 4.78 is 25.1. The largest absolute Gasteiger partial charge is 0.481 e. The minimum absolute atomic E-state index is 0.132. The molecule has 2 N–H and O–H groups in total. The number of nitrogens with one attached hydrogen (secondary N) is 1. The van der Waals surface area contributed by atoms with Gasteiger partial charge in [-0.3, -0.25) is 14.3 Å². The number of anilines is 1. The van der Waals surface area contributed by atoms with Crippen LogP contribution in [0, 0.1) is 0 Å². The van der Waals surface area contributed by atoms with Gasteiger partial charge in [-0.1, -0.05) is 42.5 Å². The second-order valence-corrected chi connectivity index (χ2v) is 8.51. The van der Waals surface area contributed by atoms with E-state index in [4.69, 9.17) is 5.11 Å². The van der Waals surface area contributed by atoms with Crippen LogP contribution in [0.1, 0.15) is 36.4 Å². The lowest BCUT2D eigenvalue weighted by atomic mass is 9.98. The molecule has 0 radical (unpaired) electrons. The van der Waals surface area contributed by atoms with E-state index in [1.54, 1.807) is 24.3 Å². The highest BCUT2D eigenvalue weighted by Gasteiger charge is 2.32. The normalized spacial score (nSPS) is 16.4. The van der Waals surface area contributed by atoms with Gasteiger partial charge in [0, 0.05) is 18.5 Å². The van der Waals surface area contributed by atoms with Gasteiger partial charge >= 0.3 is 5.97 Å². The zero-order valence-electron chi connectivity index (χ0n) is 15.8. The van der Waals surface area contributed by atoms with Crippen molar-refractivity contribution >= 4 is 33.3 Å². The maximum atomic E-state index is 12.6. The van der Waals surface area contributed by atoms with Gasteiger partial charge in [0.1, 0.15) is 0 Å². The molecule has 152 valence electrons. The predicted molar refractivity (Wildman–Crippen MR) is 109 cm³/mol. The summed E-state index contributed by atoms with van der Waals surface area (Å²) in [4.78, 5) is 23.4. The summed E-state index contributed by atoms with van der Waals surface area (Å²) >= 11 is 0. The molecule has 3 rings (SSSR count). The number of hydrazone groups is 1. The Balaban J connectivity index is 1.86. The Morgan fingerprint density at radius 1 is 1.10 bits per heavy atom. The summed E-state index contributed by atoms with van der Waals surface area (Å²) in [6, 6.07) is 15.8. The zero-order valence-corrected chi connectivity index (χ0v) is 16.6. The second-order valence-electron chi connectivity index (χ2n) is 6.76. The summed E-state index contributed by atoms with van der Waals surface area (Å²) in [5.41, 5.74) is 2.78. The fraction of sp³-hybridized carbons (Fsp3) is 0.250. The van der Waals surface area contributed by atoms with Crippen LogP contribution in [-0.2, 0) is 19.6 Å². The molecule has 1 aliphatic heterocycles. The van der Waals surface area contributed by atoms with E-state index in [-0.39, 0.29) is 24.8 Å². The van der Waals surface area contributed by atoms with Gasteiger partial charge in [0.25, 0.3) is 0 Å².